The van der Waals surface area contributed by atoms with Crippen LogP contribution in [0.1, 0.15) is 18.1 Å². The molecule has 6 nitrogen and oxygen atoms in total. The highest BCUT2D eigenvalue weighted by Crippen LogP contribution is 2.28. The number of nitrogens with zero attached hydrogens (tertiary/aromatic N) is 3. The lowest BCUT2D eigenvalue weighted by Crippen LogP contribution is -2.52. The number of ether oxygens (including phenoxy) is 2. The fourth-order valence-corrected chi connectivity index (χ4v) is 3.64. The molecule has 1 N–H and O–H groups in total. The molecule has 0 bridgehead atoms. The van der Waals surface area contributed by atoms with Crippen LogP contribution in [-0.4, -0.2) is 57.8 Å². The highest BCUT2D eigenvalue weighted by atomic mass is 127. The number of hydrogen-bond donors (Lipinski definition) is 1. The molecule has 0 aromatic heterocycles. The summed E-state index contributed by atoms with van der Waals surface area (Å²) >= 11 is 0. The number of nitrogens with one attached hydrogen (secondary N) is 1. The van der Waals surface area contributed by atoms with Crippen molar-refractivity contribution in [3.8, 4) is 5.75 Å². The third-order valence-electron chi connectivity index (χ3n) is 5.23. The van der Waals surface area contributed by atoms with Gasteiger partial charge in [-0.2, -0.15) is 0 Å². The SMILES string of the molecule is CCOCc1ccccc1CNC(=NC)N1CCN(c2ccccc2OC)CC1.I. The minimum atomic E-state index is 0. The molecular weight excluding hydrogens is 491 g/mol. The largest absolute Gasteiger partial charge is 0.495 e. The molecule has 2 aromatic rings. The van der Waals surface area contributed by atoms with Gasteiger partial charge in [-0.1, -0.05) is 36.4 Å². The van der Waals surface area contributed by atoms with E-state index in [-0.39, 0.29) is 24.0 Å². The molecule has 0 radical (unpaired) electrons. The number of hydrogen-bond acceptors (Lipinski definition) is 4. The summed E-state index contributed by atoms with van der Waals surface area (Å²) < 4.78 is 11.1. The second kappa shape index (κ2) is 12.6. The molecule has 30 heavy (non-hydrogen) atoms. The highest BCUT2D eigenvalue weighted by molar-refractivity contribution is 14.0. The standard InChI is InChI=1S/C23H32N4O2.HI/c1-4-29-18-20-10-6-5-9-19(20)17-25-23(24-2)27-15-13-26(14-16-27)21-11-7-8-12-22(21)28-3;/h5-12H,4,13-18H2,1-3H3,(H,24,25);1H. The van der Waals surface area contributed by atoms with Crippen molar-refractivity contribution in [1.29, 1.82) is 0 Å². The average Bonchev–Trinajstić information content (AvgIpc) is 2.79. The quantitative estimate of drug-likeness (QED) is 0.340. The molecule has 1 heterocycles. The van der Waals surface area contributed by atoms with Crippen LogP contribution in [0.5, 0.6) is 5.75 Å². The van der Waals surface area contributed by atoms with Crippen molar-refractivity contribution >= 4 is 35.6 Å². The Balaban J connectivity index is 0.00000320. The zero-order chi connectivity index (χ0) is 20.5. The Morgan fingerprint density at radius 2 is 1.67 bits per heavy atom. The predicted molar refractivity (Wildman–Crippen MR) is 134 cm³/mol. The second-order valence-electron chi connectivity index (χ2n) is 6.95. The summed E-state index contributed by atoms with van der Waals surface area (Å²) in [5.41, 5.74) is 3.62. The van der Waals surface area contributed by atoms with Crippen LogP contribution in [0.15, 0.2) is 53.5 Å². The lowest BCUT2D eigenvalue weighted by Gasteiger charge is -2.38. The summed E-state index contributed by atoms with van der Waals surface area (Å²) in [6.07, 6.45) is 0. The van der Waals surface area contributed by atoms with Crippen LogP contribution in [0, 0.1) is 0 Å². The lowest BCUT2D eigenvalue weighted by molar-refractivity contribution is 0.133. The molecule has 1 saturated heterocycles. The first-order valence-electron chi connectivity index (χ1n) is 10.2. The van der Waals surface area contributed by atoms with Gasteiger partial charge in [0.05, 0.1) is 19.4 Å². The summed E-state index contributed by atoms with van der Waals surface area (Å²) in [5, 5.41) is 3.53. The van der Waals surface area contributed by atoms with E-state index in [2.05, 4.69) is 56.5 Å². The van der Waals surface area contributed by atoms with Gasteiger partial charge < -0.3 is 24.6 Å². The number of benzene rings is 2. The monoisotopic (exact) mass is 524 g/mol. The van der Waals surface area contributed by atoms with Crippen molar-refractivity contribution in [2.45, 2.75) is 20.1 Å². The van der Waals surface area contributed by atoms with E-state index in [0.717, 1.165) is 56.7 Å². The molecule has 1 fully saturated rings. The van der Waals surface area contributed by atoms with Gasteiger partial charge in [-0.25, -0.2) is 0 Å². The number of halogens is 1. The Kier molecular flexibility index (Phi) is 10.2. The summed E-state index contributed by atoms with van der Waals surface area (Å²) in [5.74, 6) is 1.87. The van der Waals surface area contributed by atoms with Crippen molar-refractivity contribution in [2.24, 2.45) is 4.99 Å². The Bertz CT molecular complexity index is 807. The third-order valence-corrected chi connectivity index (χ3v) is 5.23. The average molecular weight is 524 g/mol. The lowest BCUT2D eigenvalue weighted by atomic mass is 10.1. The van der Waals surface area contributed by atoms with Gasteiger partial charge >= 0.3 is 0 Å². The van der Waals surface area contributed by atoms with Crippen LogP contribution in [-0.2, 0) is 17.9 Å². The van der Waals surface area contributed by atoms with Gasteiger partial charge in [0.15, 0.2) is 5.96 Å². The Morgan fingerprint density at radius 3 is 2.33 bits per heavy atom. The fourth-order valence-electron chi connectivity index (χ4n) is 3.64. The van der Waals surface area contributed by atoms with Crippen LogP contribution >= 0.6 is 24.0 Å². The van der Waals surface area contributed by atoms with Crippen LogP contribution in [0.2, 0.25) is 0 Å². The number of aliphatic imine (C=N–C) groups is 1. The Morgan fingerprint density at radius 1 is 1.00 bits per heavy atom. The van der Waals surface area contributed by atoms with E-state index in [0.29, 0.717) is 6.61 Å². The molecule has 7 heteroatoms. The summed E-state index contributed by atoms with van der Waals surface area (Å²) in [7, 11) is 3.57. The maximum absolute atomic E-state index is 5.60. The molecule has 2 aromatic carbocycles. The van der Waals surface area contributed by atoms with E-state index >= 15 is 0 Å². The zero-order valence-corrected chi connectivity index (χ0v) is 20.5. The molecule has 0 atom stereocenters. The van der Waals surface area contributed by atoms with Crippen LogP contribution in [0.25, 0.3) is 0 Å². The van der Waals surface area contributed by atoms with E-state index in [1.165, 1.54) is 11.1 Å². The van der Waals surface area contributed by atoms with Crippen LogP contribution < -0.4 is 15.0 Å². The van der Waals surface area contributed by atoms with E-state index in [1.807, 2.05) is 26.1 Å². The predicted octanol–water partition coefficient (Wildman–Crippen LogP) is 3.75. The molecule has 3 rings (SSSR count). The number of piperazine rings is 1. The first-order chi connectivity index (χ1) is 14.3. The number of rotatable bonds is 7. The topological polar surface area (TPSA) is 49.3 Å². The third kappa shape index (κ3) is 6.25. The maximum Gasteiger partial charge on any atom is 0.194 e. The molecule has 0 saturated carbocycles. The molecule has 1 aliphatic heterocycles. The van der Waals surface area contributed by atoms with Gasteiger partial charge in [0.1, 0.15) is 5.75 Å². The molecule has 0 aliphatic carbocycles. The van der Waals surface area contributed by atoms with E-state index in [1.54, 1.807) is 7.11 Å². The number of guanidine groups is 1. The van der Waals surface area contributed by atoms with Crippen molar-refractivity contribution in [1.82, 2.24) is 10.2 Å². The van der Waals surface area contributed by atoms with Gasteiger partial charge in [0.2, 0.25) is 0 Å². The van der Waals surface area contributed by atoms with Gasteiger partial charge in [0.25, 0.3) is 0 Å². The number of anilines is 1. The van der Waals surface area contributed by atoms with Gasteiger partial charge in [0, 0.05) is 46.4 Å². The molecule has 0 spiro atoms. The Hall–Kier alpha value is -2.00. The smallest absolute Gasteiger partial charge is 0.194 e. The van der Waals surface area contributed by atoms with Crippen LogP contribution in [0.4, 0.5) is 5.69 Å². The van der Waals surface area contributed by atoms with Crippen molar-refractivity contribution in [3.05, 3.63) is 59.7 Å². The van der Waals surface area contributed by atoms with Gasteiger partial charge in [-0.05, 0) is 30.2 Å². The van der Waals surface area contributed by atoms with Crippen molar-refractivity contribution < 1.29 is 9.47 Å². The second-order valence-corrected chi connectivity index (χ2v) is 6.95. The van der Waals surface area contributed by atoms with Crippen molar-refractivity contribution in [3.63, 3.8) is 0 Å². The first kappa shape index (κ1) is 24.3. The Labute approximate surface area is 197 Å². The minimum absolute atomic E-state index is 0. The first-order valence-corrected chi connectivity index (χ1v) is 10.2. The van der Waals surface area contributed by atoms with E-state index < -0.39 is 0 Å². The normalized spacial score (nSPS) is 14.3. The molecule has 0 unspecified atom stereocenters. The fraction of sp³-hybridized carbons (Fsp3) is 0.435. The maximum atomic E-state index is 5.60. The zero-order valence-electron chi connectivity index (χ0n) is 18.1. The summed E-state index contributed by atoms with van der Waals surface area (Å²) in [4.78, 5) is 9.20. The molecular formula is C23H33IN4O2. The number of para-hydroxylation sites is 2. The minimum Gasteiger partial charge on any atom is -0.495 e. The summed E-state index contributed by atoms with van der Waals surface area (Å²) in [6, 6.07) is 16.6. The molecule has 164 valence electrons. The van der Waals surface area contributed by atoms with Gasteiger partial charge in [-0.3, -0.25) is 4.99 Å². The van der Waals surface area contributed by atoms with Crippen molar-refractivity contribution in [2.75, 3.05) is 51.8 Å². The van der Waals surface area contributed by atoms with Crippen LogP contribution in [0.3, 0.4) is 0 Å². The number of methoxy groups -OCH3 is 1. The highest BCUT2D eigenvalue weighted by Gasteiger charge is 2.21. The molecule has 0 amide bonds. The van der Waals surface area contributed by atoms with E-state index in [4.69, 9.17) is 9.47 Å². The molecule has 1 aliphatic rings. The van der Waals surface area contributed by atoms with Gasteiger partial charge in [-0.15, -0.1) is 24.0 Å². The van der Waals surface area contributed by atoms with E-state index in [9.17, 15) is 0 Å². The summed E-state index contributed by atoms with van der Waals surface area (Å²) in [6.45, 7) is 7.82.